The Morgan fingerprint density at radius 1 is 1.23 bits per heavy atom. The van der Waals surface area contributed by atoms with E-state index in [0.717, 1.165) is 31.2 Å². The number of aryl methyl sites for hydroxylation is 1. The third-order valence-electron chi connectivity index (χ3n) is 4.87. The summed E-state index contributed by atoms with van der Waals surface area (Å²) in [6.07, 6.45) is 6.75. The molecule has 1 aromatic rings. The van der Waals surface area contributed by atoms with Gasteiger partial charge in [0.1, 0.15) is 5.82 Å². The minimum absolute atomic E-state index is 0.00213. The quantitative estimate of drug-likeness (QED) is 0.688. The van der Waals surface area contributed by atoms with E-state index in [-0.39, 0.29) is 11.9 Å². The van der Waals surface area contributed by atoms with Crippen LogP contribution in [-0.4, -0.2) is 31.1 Å². The van der Waals surface area contributed by atoms with Gasteiger partial charge in [-0.25, -0.2) is 4.39 Å². The fraction of sp³-hybridized carbons (Fsp3) is 0.684. The van der Waals surface area contributed by atoms with Crippen LogP contribution in [0.25, 0.3) is 0 Å². The molecule has 1 heterocycles. The Morgan fingerprint density at radius 3 is 2.59 bits per heavy atom. The maximum atomic E-state index is 13.7. The number of likely N-dealkylation sites (tertiary alicyclic amines) is 1. The number of ether oxygens (including phenoxy) is 1. The Morgan fingerprint density at radius 2 is 1.95 bits per heavy atom. The summed E-state index contributed by atoms with van der Waals surface area (Å²) in [5.74, 6) is -0.163. The van der Waals surface area contributed by atoms with Gasteiger partial charge in [0.2, 0.25) is 0 Å². The zero-order chi connectivity index (χ0) is 15.9. The molecule has 1 aromatic carbocycles. The van der Waals surface area contributed by atoms with Crippen molar-refractivity contribution in [1.29, 1.82) is 0 Å². The maximum Gasteiger partial charge on any atom is 0.123 e. The molecule has 0 amide bonds. The van der Waals surface area contributed by atoms with Crippen molar-refractivity contribution >= 4 is 0 Å². The third kappa shape index (κ3) is 4.53. The fourth-order valence-corrected chi connectivity index (χ4v) is 3.52. The Balaban J connectivity index is 2.02. The lowest BCUT2D eigenvalue weighted by Crippen LogP contribution is -2.30. The Hall–Kier alpha value is -0.930. The van der Waals surface area contributed by atoms with Crippen molar-refractivity contribution in [3.05, 3.63) is 35.1 Å². The van der Waals surface area contributed by atoms with Crippen LogP contribution in [0, 0.1) is 5.82 Å². The molecule has 0 aliphatic carbocycles. The number of benzene rings is 1. The van der Waals surface area contributed by atoms with E-state index in [2.05, 4.69) is 18.7 Å². The van der Waals surface area contributed by atoms with Gasteiger partial charge in [-0.1, -0.05) is 19.4 Å². The van der Waals surface area contributed by atoms with Crippen LogP contribution in [-0.2, 0) is 11.2 Å². The summed E-state index contributed by atoms with van der Waals surface area (Å²) in [7, 11) is 1.74. The topological polar surface area (TPSA) is 12.5 Å². The average Bonchev–Trinajstić information content (AvgIpc) is 3.04. The molecule has 2 rings (SSSR count). The van der Waals surface area contributed by atoms with E-state index in [0.29, 0.717) is 6.04 Å². The highest BCUT2D eigenvalue weighted by Gasteiger charge is 2.21. The summed E-state index contributed by atoms with van der Waals surface area (Å²) in [5, 5.41) is 0. The second kappa shape index (κ2) is 8.64. The zero-order valence-electron chi connectivity index (χ0n) is 14.3. The highest BCUT2D eigenvalue weighted by Crippen LogP contribution is 2.29. The first-order valence-electron chi connectivity index (χ1n) is 8.70. The van der Waals surface area contributed by atoms with Gasteiger partial charge >= 0.3 is 0 Å². The second-order valence-electron chi connectivity index (χ2n) is 6.49. The van der Waals surface area contributed by atoms with Crippen LogP contribution in [0.1, 0.15) is 63.2 Å². The Labute approximate surface area is 134 Å². The van der Waals surface area contributed by atoms with Gasteiger partial charge in [-0.3, -0.25) is 0 Å². The number of hydrogen-bond acceptors (Lipinski definition) is 2. The summed E-state index contributed by atoms with van der Waals surface area (Å²) in [6.45, 7) is 6.90. The van der Waals surface area contributed by atoms with E-state index in [9.17, 15) is 4.39 Å². The molecule has 22 heavy (non-hydrogen) atoms. The molecule has 0 N–H and O–H groups in total. The Kier molecular flexibility index (Phi) is 6.84. The van der Waals surface area contributed by atoms with E-state index in [1.165, 1.54) is 31.5 Å². The molecule has 0 bridgehead atoms. The molecule has 0 spiro atoms. The molecule has 0 unspecified atom stereocenters. The van der Waals surface area contributed by atoms with Gasteiger partial charge in [-0.15, -0.1) is 0 Å². The van der Waals surface area contributed by atoms with E-state index in [1.807, 2.05) is 6.07 Å². The van der Waals surface area contributed by atoms with Crippen LogP contribution in [0.15, 0.2) is 18.2 Å². The molecular weight excluding hydrogens is 277 g/mol. The molecule has 124 valence electrons. The van der Waals surface area contributed by atoms with Crippen LogP contribution in [0.3, 0.4) is 0 Å². The first-order chi connectivity index (χ1) is 10.7. The molecule has 3 heteroatoms. The number of rotatable bonds is 8. The molecule has 1 saturated heterocycles. The lowest BCUT2D eigenvalue weighted by molar-refractivity contribution is 0.0841. The molecular formula is C19H30FNO. The second-order valence-corrected chi connectivity index (χ2v) is 6.49. The zero-order valence-corrected chi connectivity index (χ0v) is 14.3. The van der Waals surface area contributed by atoms with Crippen LogP contribution in [0.2, 0.25) is 0 Å². The standard InChI is InChI=1S/C19H30FNO/c1-4-7-16-9-10-17(20)14-18(16)19(22-3)11-8-15(2)21-12-5-6-13-21/h9-10,14-15,19H,4-8,11-13H2,1-3H3/t15-,19+/m1/s1. The lowest BCUT2D eigenvalue weighted by Gasteiger charge is -2.26. The normalized spacial score (nSPS) is 18.5. The fourth-order valence-electron chi connectivity index (χ4n) is 3.52. The van der Waals surface area contributed by atoms with Gasteiger partial charge in [0.15, 0.2) is 0 Å². The van der Waals surface area contributed by atoms with Crippen LogP contribution < -0.4 is 0 Å². The number of nitrogens with zero attached hydrogens (tertiary/aromatic N) is 1. The van der Waals surface area contributed by atoms with Crippen molar-refractivity contribution in [2.24, 2.45) is 0 Å². The van der Waals surface area contributed by atoms with Crippen molar-refractivity contribution in [3.8, 4) is 0 Å². The van der Waals surface area contributed by atoms with Crippen molar-refractivity contribution in [1.82, 2.24) is 4.90 Å². The highest BCUT2D eigenvalue weighted by atomic mass is 19.1. The Bertz CT molecular complexity index is 457. The molecule has 1 aliphatic rings. The smallest absolute Gasteiger partial charge is 0.123 e. The van der Waals surface area contributed by atoms with Gasteiger partial charge in [-0.05, 0) is 75.4 Å². The molecule has 1 fully saturated rings. The van der Waals surface area contributed by atoms with Crippen LogP contribution in [0.4, 0.5) is 4.39 Å². The number of methoxy groups -OCH3 is 1. The highest BCUT2D eigenvalue weighted by molar-refractivity contribution is 5.30. The maximum absolute atomic E-state index is 13.7. The first-order valence-corrected chi connectivity index (χ1v) is 8.70. The first kappa shape index (κ1) is 17.4. The van der Waals surface area contributed by atoms with Gasteiger partial charge in [0.25, 0.3) is 0 Å². The summed E-state index contributed by atoms with van der Waals surface area (Å²) < 4.78 is 19.4. The van der Waals surface area contributed by atoms with Crippen molar-refractivity contribution in [2.75, 3.05) is 20.2 Å². The molecule has 0 saturated carbocycles. The van der Waals surface area contributed by atoms with E-state index >= 15 is 0 Å². The monoisotopic (exact) mass is 307 g/mol. The molecule has 2 nitrogen and oxygen atoms in total. The van der Waals surface area contributed by atoms with Crippen molar-refractivity contribution < 1.29 is 9.13 Å². The molecule has 0 aromatic heterocycles. The number of hydrogen-bond donors (Lipinski definition) is 0. The predicted octanol–water partition coefficient (Wildman–Crippen LogP) is 4.73. The lowest BCUT2D eigenvalue weighted by atomic mass is 9.95. The summed E-state index contributed by atoms with van der Waals surface area (Å²) >= 11 is 0. The SMILES string of the molecule is CCCc1ccc(F)cc1[C@H](CC[C@@H](C)N1CCCC1)OC. The van der Waals surface area contributed by atoms with Gasteiger partial charge < -0.3 is 9.64 Å². The van der Waals surface area contributed by atoms with Gasteiger partial charge in [0.05, 0.1) is 6.10 Å². The van der Waals surface area contributed by atoms with Crippen LogP contribution in [0.5, 0.6) is 0 Å². The molecule has 1 aliphatic heterocycles. The largest absolute Gasteiger partial charge is 0.377 e. The number of halogens is 1. The van der Waals surface area contributed by atoms with Gasteiger partial charge in [-0.2, -0.15) is 0 Å². The molecule has 2 atom stereocenters. The molecule has 0 radical (unpaired) electrons. The predicted molar refractivity (Wildman–Crippen MR) is 89.6 cm³/mol. The third-order valence-corrected chi connectivity index (χ3v) is 4.87. The van der Waals surface area contributed by atoms with Gasteiger partial charge in [0, 0.05) is 13.2 Å². The minimum atomic E-state index is -0.163. The van der Waals surface area contributed by atoms with Crippen molar-refractivity contribution in [3.63, 3.8) is 0 Å². The van der Waals surface area contributed by atoms with Crippen LogP contribution >= 0.6 is 0 Å². The summed E-state index contributed by atoms with van der Waals surface area (Å²) in [6, 6.07) is 5.74. The van der Waals surface area contributed by atoms with E-state index in [4.69, 9.17) is 4.74 Å². The minimum Gasteiger partial charge on any atom is -0.377 e. The van der Waals surface area contributed by atoms with E-state index < -0.39 is 0 Å². The average molecular weight is 307 g/mol. The van der Waals surface area contributed by atoms with Crippen molar-refractivity contribution in [2.45, 2.75) is 64.5 Å². The summed E-state index contributed by atoms with van der Waals surface area (Å²) in [4.78, 5) is 2.56. The van der Waals surface area contributed by atoms with E-state index in [1.54, 1.807) is 19.2 Å². The summed E-state index contributed by atoms with van der Waals surface area (Å²) in [5.41, 5.74) is 2.27.